The second kappa shape index (κ2) is 9.49. The molecule has 0 spiro atoms. The number of anilines is 1. The van der Waals surface area contributed by atoms with Crippen molar-refractivity contribution in [3.05, 3.63) is 120 Å². The zero-order chi connectivity index (χ0) is 24.2. The van der Waals surface area contributed by atoms with Crippen molar-refractivity contribution < 1.29 is 9.59 Å². The number of amides is 2. The van der Waals surface area contributed by atoms with Gasteiger partial charge >= 0.3 is 0 Å². The zero-order valence-electron chi connectivity index (χ0n) is 18.7. The van der Waals surface area contributed by atoms with Crippen molar-refractivity contribution in [3.63, 3.8) is 0 Å². The molecule has 0 atom stereocenters. The van der Waals surface area contributed by atoms with Crippen LogP contribution in [0, 0.1) is 0 Å². The van der Waals surface area contributed by atoms with Gasteiger partial charge in [-0.25, -0.2) is 4.98 Å². The minimum Gasteiger partial charge on any atom is -0.366 e. The van der Waals surface area contributed by atoms with Gasteiger partial charge < -0.3 is 16.0 Å². The van der Waals surface area contributed by atoms with E-state index < -0.39 is 5.91 Å². The molecule has 0 fully saturated rings. The molecule has 5 rings (SSSR count). The largest absolute Gasteiger partial charge is 0.366 e. The number of aromatic amines is 1. The molecule has 0 radical (unpaired) electrons. The van der Waals surface area contributed by atoms with Crippen LogP contribution in [0.25, 0.3) is 33.8 Å². The van der Waals surface area contributed by atoms with Crippen LogP contribution in [-0.2, 0) is 4.79 Å². The number of hydrogen-bond donors (Lipinski definition) is 3. The third kappa shape index (κ3) is 4.72. The second-order valence-corrected chi connectivity index (χ2v) is 8.02. The summed E-state index contributed by atoms with van der Waals surface area (Å²) in [6.45, 7) is 0. The molecule has 2 amide bonds. The lowest BCUT2D eigenvalue weighted by Gasteiger charge is -2.07. The number of carbonyl (C=O) groups excluding carboxylic acids is 2. The summed E-state index contributed by atoms with van der Waals surface area (Å²) in [5.74, 6) is -0.339. The Bertz CT molecular complexity index is 1540. The highest BCUT2D eigenvalue weighted by Gasteiger charge is 2.12. The van der Waals surface area contributed by atoms with Crippen molar-refractivity contribution in [2.75, 3.05) is 5.32 Å². The first kappa shape index (κ1) is 21.9. The summed E-state index contributed by atoms with van der Waals surface area (Å²) in [5.41, 5.74) is 10.8. The molecule has 5 aromatic rings. The van der Waals surface area contributed by atoms with Crippen molar-refractivity contribution in [2.45, 2.75) is 0 Å². The van der Waals surface area contributed by atoms with Crippen molar-refractivity contribution in [3.8, 4) is 11.1 Å². The van der Waals surface area contributed by atoms with E-state index in [1.807, 2.05) is 78.9 Å². The van der Waals surface area contributed by atoms with Gasteiger partial charge in [0.2, 0.25) is 5.91 Å². The van der Waals surface area contributed by atoms with Gasteiger partial charge in [-0.3, -0.25) is 9.59 Å². The van der Waals surface area contributed by atoms with Crippen molar-refractivity contribution >= 4 is 40.3 Å². The fourth-order valence-corrected chi connectivity index (χ4v) is 3.92. The number of nitrogens with zero attached hydrogens (tertiary/aromatic N) is 1. The van der Waals surface area contributed by atoms with Gasteiger partial charge in [0.05, 0.1) is 0 Å². The molecule has 6 nitrogen and oxygen atoms in total. The van der Waals surface area contributed by atoms with Gasteiger partial charge in [0.1, 0.15) is 11.5 Å². The van der Waals surface area contributed by atoms with Crippen molar-refractivity contribution in [1.82, 2.24) is 9.97 Å². The van der Waals surface area contributed by atoms with E-state index >= 15 is 0 Å². The highest BCUT2D eigenvalue weighted by atomic mass is 16.2. The molecule has 170 valence electrons. The van der Waals surface area contributed by atoms with Crippen LogP contribution in [0.1, 0.15) is 21.5 Å². The normalized spacial score (nSPS) is 11.4. The third-order valence-corrected chi connectivity index (χ3v) is 5.72. The number of nitrogens with two attached hydrogens (primary N) is 1. The first-order valence-electron chi connectivity index (χ1n) is 11.1. The predicted octanol–water partition coefficient (Wildman–Crippen LogP) is 5.51. The van der Waals surface area contributed by atoms with Crippen molar-refractivity contribution in [1.29, 1.82) is 0 Å². The van der Waals surface area contributed by atoms with Gasteiger partial charge in [0, 0.05) is 28.3 Å². The quantitative estimate of drug-likeness (QED) is 0.293. The summed E-state index contributed by atoms with van der Waals surface area (Å²) in [4.78, 5) is 32.4. The lowest BCUT2D eigenvalue weighted by Crippen LogP contribution is -2.13. The Morgan fingerprint density at radius 1 is 0.771 bits per heavy atom. The van der Waals surface area contributed by atoms with Crippen LogP contribution < -0.4 is 11.1 Å². The summed E-state index contributed by atoms with van der Waals surface area (Å²) in [5, 5.41) is 3.65. The van der Waals surface area contributed by atoms with Crippen LogP contribution in [0.2, 0.25) is 0 Å². The molecule has 4 N–H and O–H groups in total. The van der Waals surface area contributed by atoms with Gasteiger partial charge in [-0.05, 0) is 47.0 Å². The SMILES string of the molecule is NC(=O)C(=Cc1c[nH]c2nc(NC(=O)c3ccc(-c4ccccc4)cc3)ccc12)c1ccccc1. The Hall–Kier alpha value is -4.97. The number of H-pyrrole nitrogens is 1. The average Bonchev–Trinajstić information content (AvgIpc) is 3.30. The Balaban J connectivity index is 1.36. The summed E-state index contributed by atoms with van der Waals surface area (Å²) < 4.78 is 0. The van der Waals surface area contributed by atoms with Crippen LogP contribution in [-0.4, -0.2) is 21.8 Å². The summed E-state index contributed by atoms with van der Waals surface area (Å²) >= 11 is 0. The van der Waals surface area contributed by atoms with E-state index in [1.54, 1.807) is 30.5 Å². The minimum atomic E-state index is -0.513. The van der Waals surface area contributed by atoms with Gasteiger partial charge in [-0.2, -0.15) is 0 Å². The monoisotopic (exact) mass is 458 g/mol. The molecule has 0 saturated carbocycles. The van der Waals surface area contributed by atoms with E-state index in [0.717, 1.165) is 27.6 Å². The van der Waals surface area contributed by atoms with Crippen LogP contribution in [0.15, 0.2) is 103 Å². The summed E-state index contributed by atoms with van der Waals surface area (Å²) in [6.07, 6.45) is 3.50. The molecule has 2 heterocycles. The van der Waals surface area contributed by atoms with Gasteiger partial charge in [0.15, 0.2) is 0 Å². The highest BCUT2D eigenvalue weighted by molar-refractivity contribution is 6.24. The Labute approximate surface area is 202 Å². The first-order chi connectivity index (χ1) is 17.1. The van der Waals surface area contributed by atoms with Gasteiger partial charge in [0.25, 0.3) is 5.91 Å². The molecule has 0 aliphatic carbocycles. The Morgan fingerprint density at radius 2 is 1.43 bits per heavy atom. The lowest BCUT2D eigenvalue weighted by molar-refractivity contribution is -0.112. The number of primary amides is 1. The predicted molar refractivity (Wildman–Crippen MR) is 139 cm³/mol. The van der Waals surface area contributed by atoms with Crippen LogP contribution >= 0.6 is 0 Å². The molecule has 0 bridgehead atoms. The number of fused-ring (bicyclic) bond motifs is 1. The smallest absolute Gasteiger partial charge is 0.256 e. The second-order valence-electron chi connectivity index (χ2n) is 8.02. The Morgan fingerprint density at radius 3 is 2.11 bits per heavy atom. The van der Waals surface area contributed by atoms with Crippen molar-refractivity contribution in [2.24, 2.45) is 5.73 Å². The van der Waals surface area contributed by atoms with E-state index in [4.69, 9.17) is 5.73 Å². The van der Waals surface area contributed by atoms with Crippen LogP contribution in [0.4, 0.5) is 5.82 Å². The van der Waals surface area contributed by atoms with Gasteiger partial charge in [-0.1, -0.05) is 72.8 Å². The standard InChI is InChI=1S/C29H22N4O2/c30-27(34)25(21-9-5-2-6-10-21)17-23-18-31-28-24(23)15-16-26(32-28)33-29(35)22-13-11-20(12-14-22)19-7-3-1-4-8-19/h1-18H,(H2,30,34)(H2,31,32,33,35). The number of benzene rings is 3. The maximum atomic E-state index is 12.8. The number of carbonyl (C=O) groups is 2. The molecular formula is C29H22N4O2. The minimum absolute atomic E-state index is 0.247. The number of rotatable bonds is 6. The van der Waals surface area contributed by atoms with Crippen LogP contribution in [0.3, 0.4) is 0 Å². The molecule has 3 aromatic carbocycles. The first-order valence-corrected chi connectivity index (χ1v) is 11.1. The maximum absolute atomic E-state index is 12.8. The highest BCUT2D eigenvalue weighted by Crippen LogP contribution is 2.25. The molecule has 0 unspecified atom stereocenters. The number of pyridine rings is 1. The number of nitrogens with one attached hydrogen (secondary N) is 2. The molecule has 6 heteroatoms. The molecular weight excluding hydrogens is 436 g/mol. The fourth-order valence-electron chi connectivity index (χ4n) is 3.92. The maximum Gasteiger partial charge on any atom is 0.256 e. The third-order valence-electron chi connectivity index (χ3n) is 5.72. The van der Waals surface area contributed by atoms with E-state index in [2.05, 4.69) is 15.3 Å². The summed E-state index contributed by atoms with van der Waals surface area (Å²) in [6, 6.07) is 30.3. The molecule has 0 saturated heterocycles. The zero-order valence-corrected chi connectivity index (χ0v) is 18.7. The Kier molecular flexibility index (Phi) is 5.92. The summed E-state index contributed by atoms with van der Waals surface area (Å²) in [7, 11) is 0. The molecule has 2 aromatic heterocycles. The van der Waals surface area contributed by atoms with E-state index in [0.29, 0.717) is 22.6 Å². The number of aromatic nitrogens is 2. The van der Waals surface area contributed by atoms with E-state index in [-0.39, 0.29) is 5.91 Å². The topological polar surface area (TPSA) is 101 Å². The van der Waals surface area contributed by atoms with E-state index in [1.165, 1.54) is 0 Å². The van der Waals surface area contributed by atoms with E-state index in [9.17, 15) is 9.59 Å². The molecule has 0 aliphatic rings. The molecule has 35 heavy (non-hydrogen) atoms. The lowest BCUT2D eigenvalue weighted by atomic mass is 10.0. The average molecular weight is 459 g/mol. The number of hydrogen-bond acceptors (Lipinski definition) is 3. The van der Waals surface area contributed by atoms with Gasteiger partial charge in [-0.15, -0.1) is 0 Å². The van der Waals surface area contributed by atoms with Crippen LogP contribution in [0.5, 0.6) is 0 Å². The fraction of sp³-hybridized carbons (Fsp3) is 0. The molecule has 0 aliphatic heterocycles.